The van der Waals surface area contributed by atoms with Gasteiger partial charge in [-0.05, 0) is 73.6 Å². The molecule has 6 rings (SSSR count). The average molecular weight is 351 g/mol. The maximum Gasteiger partial charge on any atom is 0.0944 e. The number of hydrogen-bond acceptors (Lipinski definition) is 2. The summed E-state index contributed by atoms with van der Waals surface area (Å²) in [6.45, 7) is 10.8. The fraction of sp³-hybridized carbons (Fsp3) is 0.667. The van der Waals surface area contributed by atoms with Crippen LogP contribution in [0.3, 0.4) is 0 Å². The second-order valence-electron chi connectivity index (χ2n) is 10.6. The minimum atomic E-state index is 0.254. The summed E-state index contributed by atoms with van der Waals surface area (Å²) in [5.74, 6) is 1.66. The lowest BCUT2D eigenvalue weighted by Gasteiger charge is -2.43. The van der Waals surface area contributed by atoms with Crippen molar-refractivity contribution in [3.63, 3.8) is 0 Å². The van der Waals surface area contributed by atoms with Crippen LogP contribution in [-0.2, 0) is 0 Å². The SMILES string of the molecule is CN1CN(c2ccc3c(c2)C2CCC3CC2)C2=C1C(C)(C)CCC2(C)C. The number of rotatable bonds is 1. The minimum Gasteiger partial charge on any atom is -0.358 e. The smallest absolute Gasteiger partial charge is 0.0944 e. The van der Waals surface area contributed by atoms with E-state index in [0.29, 0.717) is 0 Å². The van der Waals surface area contributed by atoms with Crippen LogP contribution in [0.2, 0.25) is 0 Å². The second kappa shape index (κ2) is 5.30. The minimum absolute atomic E-state index is 0.254. The fourth-order valence-corrected chi connectivity index (χ4v) is 6.43. The molecule has 0 saturated heterocycles. The predicted molar refractivity (Wildman–Crippen MR) is 109 cm³/mol. The number of nitrogens with zero attached hydrogens (tertiary/aromatic N) is 2. The summed E-state index contributed by atoms with van der Waals surface area (Å²) >= 11 is 0. The van der Waals surface area contributed by atoms with Crippen molar-refractivity contribution in [2.24, 2.45) is 10.8 Å². The van der Waals surface area contributed by atoms with Gasteiger partial charge in [0.2, 0.25) is 0 Å². The topological polar surface area (TPSA) is 6.48 Å². The summed E-state index contributed by atoms with van der Waals surface area (Å²) < 4.78 is 0. The maximum absolute atomic E-state index is 2.64. The van der Waals surface area contributed by atoms with Crippen molar-refractivity contribution in [2.45, 2.75) is 78.1 Å². The van der Waals surface area contributed by atoms with Gasteiger partial charge in [0, 0.05) is 35.0 Å². The third-order valence-corrected chi connectivity index (χ3v) is 7.88. The summed E-state index contributed by atoms with van der Waals surface area (Å²) in [6, 6.07) is 7.45. The number of fused-ring (bicyclic) bond motifs is 2. The summed E-state index contributed by atoms with van der Waals surface area (Å²) in [5, 5.41) is 0. The molecule has 1 heterocycles. The van der Waals surface area contributed by atoms with Crippen LogP contribution in [0.25, 0.3) is 0 Å². The number of benzene rings is 1. The Bertz CT molecular complexity index is 777. The van der Waals surface area contributed by atoms with E-state index in [0.717, 1.165) is 18.5 Å². The molecule has 1 aromatic rings. The number of anilines is 1. The molecule has 2 nitrogen and oxygen atoms in total. The molecule has 0 aromatic heterocycles. The van der Waals surface area contributed by atoms with E-state index in [4.69, 9.17) is 0 Å². The van der Waals surface area contributed by atoms with E-state index in [1.54, 1.807) is 22.5 Å². The fourth-order valence-electron chi connectivity index (χ4n) is 6.43. The predicted octanol–water partition coefficient (Wildman–Crippen LogP) is 6.21. The number of hydrogen-bond donors (Lipinski definition) is 0. The molecule has 4 aliphatic carbocycles. The molecule has 0 amide bonds. The summed E-state index contributed by atoms with van der Waals surface area (Å²) in [7, 11) is 2.29. The quantitative estimate of drug-likeness (QED) is 0.594. The molecule has 1 aliphatic heterocycles. The van der Waals surface area contributed by atoms with Gasteiger partial charge in [0.1, 0.15) is 0 Å². The largest absolute Gasteiger partial charge is 0.358 e. The van der Waals surface area contributed by atoms with Crippen LogP contribution in [0.1, 0.15) is 89.2 Å². The lowest BCUT2D eigenvalue weighted by atomic mass is 9.66. The lowest BCUT2D eigenvalue weighted by Crippen LogP contribution is -2.35. The Labute approximate surface area is 159 Å². The molecule has 2 heteroatoms. The molecule has 0 N–H and O–H groups in total. The third-order valence-electron chi connectivity index (χ3n) is 7.88. The van der Waals surface area contributed by atoms with E-state index < -0.39 is 0 Å². The van der Waals surface area contributed by atoms with Crippen molar-refractivity contribution < 1.29 is 0 Å². The van der Waals surface area contributed by atoms with Gasteiger partial charge in [-0.3, -0.25) is 0 Å². The van der Waals surface area contributed by atoms with Gasteiger partial charge >= 0.3 is 0 Å². The highest BCUT2D eigenvalue weighted by atomic mass is 15.4. The van der Waals surface area contributed by atoms with Crippen molar-refractivity contribution in [3.8, 4) is 0 Å². The van der Waals surface area contributed by atoms with E-state index in [1.165, 1.54) is 44.2 Å². The highest BCUT2D eigenvalue weighted by Gasteiger charge is 2.47. The molecular weight excluding hydrogens is 316 g/mol. The Hall–Kier alpha value is -1.44. The molecule has 0 radical (unpaired) electrons. The van der Waals surface area contributed by atoms with Crippen molar-refractivity contribution >= 4 is 5.69 Å². The molecule has 0 unspecified atom stereocenters. The zero-order valence-corrected chi connectivity index (χ0v) is 17.2. The molecule has 5 aliphatic rings. The molecule has 140 valence electrons. The summed E-state index contributed by atoms with van der Waals surface area (Å²) in [6.07, 6.45) is 8.21. The van der Waals surface area contributed by atoms with Crippen LogP contribution >= 0.6 is 0 Å². The first-order valence-electron chi connectivity index (χ1n) is 10.7. The Morgan fingerprint density at radius 2 is 1.38 bits per heavy atom. The van der Waals surface area contributed by atoms with E-state index in [9.17, 15) is 0 Å². The van der Waals surface area contributed by atoms with Crippen molar-refractivity contribution in [2.75, 3.05) is 18.6 Å². The van der Waals surface area contributed by atoms with Gasteiger partial charge in [0.25, 0.3) is 0 Å². The average Bonchev–Trinajstić information content (AvgIpc) is 3.00. The molecule has 1 fully saturated rings. The van der Waals surface area contributed by atoms with Crippen LogP contribution in [0, 0.1) is 10.8 Å². The first-order chi connectivity index (χ1) is 12.3. The van der Waals surface area contributed by atoms with Gasteiger partial charge in [-0.15, -0.1) is 0 Å². The van der Waals surface area contributed by atoms with Gasteiger partial charge in [0.05, 0.1) is 6.67 Å². The number of allylic oxidation sites excluding steroid dienone is 2. The Morgan fingerprint density at radius 3 is 2.04 bits per heavy atom. The molecule has 26 heavy (non-hydrogen) atoms. The maximum atomic E-state index is 2.64. The van der Waals surface area contributed by atoms with E-state index in [2.05, 4.69) is 62.7 Å². The van der Waals surface area contributed by atoms with Gasteiger partial charge in [-0.2, -0.15) is 0 Å². The van der Waals surface area contributed by atoms with E-state index in [-0.39, 0.29) is 10.8 Å². The monoisotopic (exact) mass is 350 g/mol. The van der Waals surface area contributed by atoms with Crippen LogP contribution in [0.5, 0.6) is 0 Å². The van der Waals surface area contributed by atoms with Gasteiger partial charge in [-0.25, -0.2) is 0 Å². The Kier molecular flexibility index (Phi) is 3.41. The van der Waals surface area contributed by atoms with Crippen molar-refractivity contribution in [3.05, 3.63) is 40.7 Å². The molecule has 2 bridgehead atoms. The van der Waals surface area contributed by atoms with Crippen molar-refractivity contribution in [1.82, 2.24) is 4.90 Å². The summed E-state index contributed by atoms with van der Waals surface area (Å²) in [5.41, 5.74) is 8.46. The van der Waals surface area contributed by atoms with E-state index in [1.807, 2.05) is 0 Å². The lowest BCUT2D eigenvalue weighted by molar-refractivity contribution is 0.225. The molecule has 0 atom stereocenters. The van der Waals surface area contributed by atoms with Crippen LogP contribution in [-0.4, -0.2) is 18.6 Å². The first-order valence-corrected chi connectivity index (χ1v) is 10.7. The van der Waals surface area contributed by atoms with Gasteiger partial charge < -0.3 is 9.80 Å². The van der Waals surface area contributed by atoms with Crippen LogP contribution < -0.4 is 4.90 Å². The van der Waals surface area contributed by atoms with Gasteiger partial charge in [0.15, 0.2) is 0 Å². The standard InChI is InChI=1S/C24H34N2/c1-23(2)12-13-24(3,4)22-21(23)25(5)15-26(22)18-10-11-19-16-6-8-17(9-7-16)20(19)14-18/h10-11,14,16-17H,6-9,12-13,15H2,1-5H3. The highest BCUT2D eigenvalue weighted by molar-refractivity contribution is 5.61. The van der Waals surface area contributed by atoms with Crippen molar-refractivity contribution in [1.29, 1.82) is 0 Å². The molecule has 0 spiro atoms. The van der Waals surface area contributed by atoms with E-state index >= 15 is 0 Å². The molecule has 1 saturated carbocycles. The third kappa shape index (κ3) is 2.23. The first kappa shape index (κ1) is 16.7. The molecular formula is C24H34N2. The second-order valence-corrected chi connectivity index (χ2v) is 10.6. The van der Waals surface area contributed by atoms with Gasteiger partial charge in [-0.1, -0.05) is 33.8 Å². The zero-order chi connectivity index (χ0) is 18.3. The Balaban J connectivity index is 1.61. The Morgan fingerprint density at radius 1 is 0.808 bits per heavy atom. The van der Waals surface area contributed by atoms with Crippen LogP contribution in [0.15, 0.2) is 29.6 Å². The van der Waals surface area contributed by atoms with Crippen LogP contribution in [0.4, 0.5) is 5.69 Å². The normalized spacial score (nSPS) is 31.3. The highest BCUT2D eigenvalue weighted by Crippen LogP contribution is 2.55. The zero-order valence-electron chi connectivity index (χ0n) is 17.2. The molecule has 1 aromatic carbocycles. The summed E-state index contributed by atoms with van der Waals surface area (Å²) in [4.78, 5) is 5.15.